The van der Waals surface area contributed by atoms with Crippen molar-refractivity contribution < 1.29 is 4.79 Å². The summed E-state index contributed by atoms with van der Waals surface area (Å²) in [5.74, 6) is 1.72. The summed E-state index contributed by atoms with van der Waals surface area (Å²) >= 11 is 1.64. The molecule has 1 aliphatic carbocycles. The van der Waals surface area contributed by atoms with Gasteiger partial charge in [0.05, 0.1) is 5.69 Å². The van der Waals surface area contributed by atoms with Gasteiger partial charge in [-0.15, -0.1) is 0 Å². The first-order valence-corrected chi connectivity index (χ1v) is 12.4. The maximum Gasteiger partial charge on any atom is 0.251 e. The number of amides is 1. The maximum atomic E-state index is 12.1. The van der Waals surface area contributed by atoms with E-state index in [-0.39, 0.29) is 11.3 Å². The van der Waals surface area contributed by atoms with Gasteiger partial charge in [-0.1, -0.05) is 63.9 Å². The number of hydrogen-bond acceptors (Lipinski definition) is 5. The highest BCUT2D eigenvalue weighted by Gasteiger charge is 2.23. The van der Waals surface area contributed by atoms with Crippen LogP contribution >= 0.6 is 11.8 Å². The van der Waals surface area contributed by atoms with Gasteiger partial charge in [0.2, 0.25) is 0 Å². The van der Waals surface area contributed by atoms with Crippen molar-refractivity contribution in [3.8, 4) is 0 Å². The summed E-state index contributed by atoms with van der Waals surface area (Å²) in [5, 5.41) is 3.66. The Balaban J connectivity index is 1.80. The molecular weight excluding hydrogens is 404 g/mol. The SMILES string of the molecule is CCNC(=O)c1cccc(CSc2nc(N(C)C3CCCCC3)cc(C(C)(C)C)n2)c1. The number of nitrogens with zero attached hydrogens (tertiary/aromatic N) is 3. The summed E-state index contributed by atoms with van der Waals surface area (Å²) in [7, 11) is 2.18. The molecule has 2 aromatic rings. The van der Waals surface area contributed by atoms with E-state index in [1.807, 2.05) is 25.1 Å². The van der Waals surface area contributed by atoms with Gasteiger partial charge in [0.1, 0.15) is 5.82 Å². The molecule has 1 heterocycles. The first-order chi connectivity index (χ1) is 14.8. The number of carbonyl (C=O) groups is 1. The van der Waals surface area contributed by atoms with E-state index in [1.165, 1.54) is 32.1 Å². The molecule has 1 N–H and O–H groups in total. The molecule has 0 unspecified atom stereocenters. The van der Waals surface area contributed by atoms with E-state index in [9.17, 15) is 4.79 Å². The van der Waals surface area contributed by atoms with Crippen molar-refractivity contribution in [2.75, 3.05) is 18.5 Å². The predicted octanol–water partition coefficient (Wildman–Crippen LogP) is 5.59. The van der Waals surface area contributed by atoms with Crippen LogP contribution in [-0.4, -0.2) is 35.5 Å². The first-order valence-electron chi connectivity index (χ1n) is 11.4. The average molecular weight is 441 g/mol. The Labute approximate surface area is 191 Å². The number of carbonyl (C=O) groups excluding carboxylic acids is 1. The van der Waals surface area contributed by atoms with Gasteiger partial charge in [-0.3, -0.25) is 4.79 Å². The lowest BCUT2D eigenvalue weighted by molar-refractivity contribution is 0.0955. The van der Waals surface area contributed by atoms with E-state index >= 15 is 0 Å². The largest absolute Gasteiger partial charge is 0.357 e. The maximum absolute atomic E-state index is 12.1. The number of thioether (sulfide) groups is 1. The lowest BCUT2D eigenvalue weighted by atomic mass is 9.91. The first kappa shape index (κ1) is 23.6. The molecule has 31 heavy (non-hydrogen) atoms. The highest BCUT2D eigenvalue weighted by molar-refractivity contribution is 7.98. The number of aromatic nitrogens is 2. The van der Waals surface area contributed by atoms with Crippen molar-refractivity contribution >= 4 is 23.5 Å². The van der Waals surface area contributed by atoms with E-state index in [2.05, 4.69) is 50.2 Å². The molecule has 1 amide bonds. The van der Waals surface area contributed by atoms with Crippen molar-refractivity contribution in [2.45, 2.75) is 82.2 Å². The molecule has 1 aromatic carbocycles. The van der Waals surface area contributed by atoms with Crippen molar-refractivity contribution in [1.29, 1.82) is 0 Å². The van der Waals surface area contributed by atoms with Crippen LogP contribution in [0.2, 0.25) is 0 Å². The lowest BCUT2D eigenvalue weighted by Gasteiger charge is -2.33. The fourth-order valence-electron chi connectivity index (χ4n) is 3.91. The zero-order valence-corrected chi connectivity index (χ0v) is 20.4. The van der Waals surface area contributed by atoms with Crippen LogP contribution < -0.4 is 10.2 Å². The van der Waals surface area contributed by atoms with E-state index < -0.39 is 0 Å². The van der Waals surface area contributed by atoms with Crippen LogP contribution in [-0.2, 0) is 11.2 Å². The molecule has 0 aliphatic heterocycles. The zero-order valence-electron chi connectivity index (χ0n) is 19.6. The minimum Gasteiger partial charge on any atom is -0.357 e. The molecule has 0 spiro atoms. The van der Waals surface area contributed by atoms with Gasteiger partial charge in [0.15, 0.2) is 5.16 Å². The standard InChI is InChI=1S/C25H36N4OS/c1-6-26-23(30)19-12-10-11-18(15-19)17-31-24-27-21(25(2,3)4)16-22(28-24)29(5)20-13-8-7-9-14-20/h10-12,15-16,20H,6-9,13-14,17H2,1-5H3,(H,26,30). The summed E-state index contributed by atoms with van der Waals surface area (Å²) in [6, 6.07) is 10.5. The molecule has 3 rings (SSSR count). The zero-order chi connectivity index (χ0) is 22.4. The molecular formula is C25H36N4OS. The minimum atomic E-state index is -0.0431. The smallest absolute Gasteiger partial charge is 0.251 e. The number of nitrogens with one attached hydrogen (secondary N) is 1. The Morgan fingerprint density at radius 2 is 1.90 bits per heavy atom. The Bertz CT molecular complexity index is 887. The van der Waals surface area contributed by atoms with E-state index in [0.717, 1.165) is 28.0 Å². The van der Waals surface area contributed by atoms with Gasteiger partial charge in [-0.05, 0) is 37.5 Å². The third-order valence-electron chi connectivity index (χ3n) is 5.84. The van der Waals surface area contributed by atoms with Gasteiger partial charge in [-0.2, -0.15) is 0 Å². The molecule has 0 bridgehead atoms. The Morgan fingerprint density at radius 1 is 1.16 bits per heavy atom. The normalized spacial score (nSPS) is 15.0. The molecule has 1 saturated carbocycles. The van der Waals surface area contributed by atoms with E-state index in [0.29, 0.717) is 18.2 Å². The summed E-state index contributed by atoms with van der Waals surface area (Å²) in [6.45, 7) is 9.15. The molecule has 1 fully saturated rings. The fraction of sp³-hybridized carbons (Fsp3) is 0.560. The van der Waals surface area contributed by atoms with Crippen molar-refractivity contribution in [3.05, 3.63) is 47.2 Å². The van der Waals surface area contributed by atoms with Crippen molar-refractivity contribution in [3.63, 3.8) is 0 Å². The van der Waals surface area contributed by atoms with Crippen LogP contribution in [0.25, 0.3) is 0 Å². The number of benzene rings is 1. The molecule has 168 valence electrons. The van der Waals surface area contributed by atoms with Gasteiger partial charge < -0.3 is 10.2 Å². The van der Waals surface area contributed by atoms with Gasteiger partial charge in [-0.25, -0.2) is 9.97 Å². The van der Waals surface area contributed by atoms with Crippen LogP contribution in [0.5, 0.6) is 0 Å². The van der Waals surface area contributed by atoms with Crippen LogP contribution in [0, 0.1) is 0 Å². The summed E-state index contributed by atoms with van der Waals surface area (Å²) in [5.41, 5.74) is 2.82. The van der Waals surface area contributed by atoms with Gasteiger partial charge >= 0.3 is 0 Å². The fourth-order valence-corrected chi connectivity index (χ4v) is 4.71. The highest BCUT2D eigenvalue weighted by atomic mass is 32.2. The second-order valence-electron chi connectivity index (χ2n) is 9.40. The molecule has 6 heteroatoms. The van der Waals surface area contributed by atoms with Crippen LogP contribution in [0.1, 0.15) is 81.4 Å². The molecule has 0 radical (unpaired) electrons. The van der Waals surface area contributed by atoms with E-state index in [4.69, 9.17) is 9.97 Å². The Kier molecular flexibility index (Phi) is 7.98. The molecule has 1 aliphatic rings. The minimum absolute atomic E-state index is 0.0308. The lowest BCUT2D eigenvalue weighted by Crippen LogP contribution is -2.34. The average Bonchev–Trinajstić information content (AvgIpc) is 2.77. The van der Waals surface area contributed by atoms with Crippen molar-refractivity contribution in [2.24, 2.45) is 0 Å². The Morgan fingerprint density at radius 3 is 2.58 bits per heavy atom. The molecule has 0 atom stereocenters. The molecule has 0 saturated heterocycles. The summed E-state index contributed by atoms with van der Waals surface area (Å²) in [6.07, 6.45) is 6.42. The second kappa shape index (κ2) is 10.5. The number of rotatable bonds is 7. The summed E-state index contributed by atoms with van der Waals surface area (Å²) in [4.78, 5) is 24.3. The van der Waals surface area contributed by atoms with Gasteiger partial charge in [0.25, 0.3) is 5.91 Å². The van der Waals surface area contributed by atoms with Gasteiger partial charge in [0, 0.05) is 42.4 Å². The molecule has 1 aromatic heterocycles. The number of hydrogen-bond donors (Lipinski definition) is 1. The summed E-state index contributed by atoms with van der Waals surface area (Å²) < 4.78 is 0. The number of anilines is 1. The monoisotopic (exact) mass is 440 g/mol. The highest BCUT2D eigenvalue weighted by Crippen LogP contribution is 2.31. The molecule has 5 nitrogen and oxygen atoms in total. The Hall–Kier alpha value is -2.08. The van der Waals surface area contributed by atoms with Crippen LogP contribution in [0.4, 0.5) is 5.82 Å². The topological polar surface area (TPSA) is 58.1 Å². The second-order valence-corrected chi connectivity index (χ2v) is 10.3. The van der Waals surface area contributed by atoms with E-state index in [1.54, 1.807) is 11.8 Å². The van der Waals surface area contributed by atoms with Crippen molar-refractivity contribution in [1.82, 2.24) is 15.3 Å². The predicted molar refractivity (Wildman–Crippen MR) is 130 cm³/mol. The quantitative estimate of drug-likeness (QED) is 0.449. The third-order valence-corrected chi connectivity index (χ3v) is 6.76. The third kappa shape index (κ3) is 6.45. The van der Waals surface area contributed by atoms with Crippen LogP contribution in [0.3, 0.4) is 0 Å². The van der Waals surface area contributed by atoms with Crippen LogP contribution in [0.15, 0.2) is 35.5 Å².